The molecule has 0 N–H and O–H groups in total. The summed E-state index contributed by atoms with van der Waals surface area (Å²) >= 11 is 0. The smallest absolute Gasteiger partial charge is 0.0172 e. The number of hydrogen-bond donors (Lipinski definition) is 0. The highest BCUT2D eigenvalue weighted by Gasteiger charge is 1.83. The van der Waals surface area contributed by atoms with Gasteiger partial charge in [0.25, 0.3) is 0 Å². The highest BCUT2D eigenvalue weighted by Crippen LogP contribution is 2.02. The third-order valence-corrected chi connectivity index (χ3v) is 1.59. The van der Waals surface area contributed by atoms with Gasteiger partial charge < -0.3 is 0 Å². The largest absolute Gasteiger partial charge is 0.103 e. The Kier molecular flexibility index (Phi) is 9.03. The first-order valence-electron chi connectivity index (χ1n) is 4.47. The van der Waals surface area contributed by atoms with Crippen molar-refractivity contribution in [2.45, 2.75) is 38.5 Å². The first kappa shape index (κ1) is 10.5. The van der Waals surface area contributed by atoms with Crippen molar-refractivity contribution in [3.8, 4) is 0 Å². The molecule has 0 saturated heterocycles. The molecule has 0 nitrogen and oxygen atoms in total. The Labute approximate surface area is 71.0 Å². The van der Waals surface area contributed by atoms with Crippen LogP contribution in [0.3, 0.4) is 0 Å². The van der Waals surface area contributed by atoms with Gasteiger partial charge in [0, 0.05) is 0 Å². The van der Waals surface area contributed by atoms with Gasteiger partial charge in [0.1, 0.15) is 0 Å². The number of rotatable bonds is 7. The molecule has 11 heavy (non-hydrogen) atoms. The molecule has 0 bridgehead atoms. The van der Waals surface area contributed by atoms with Crippen LogP contribution in [-0.2, 0) is 0 Å². The van der Waals surface area contributed by atoms with Crippen LogP contribution in [0.5, 0.6) is 0 Å². The zero-order valence-corrected chi connectivity index (χ0v) is 7.39. The molecule has 0 aromatic heterocycles. The molecule has 0 fully saturated rings. The maximum atomic E-state index is 3.80. The van der Waals surface area contributed by atoms with E-state index in [4.69, 9.17) is 0 Å². The highest BCUT2D eigenvalue weighted by molar-refractivity contribution is 4.87. The van der Waals surface area contributed by atoms with Gasteiger partial charge >= 0.3 is 0 Å². The average Bonchev–Trinajstić information content (AvgIpc) is 2.03. The third-order valence-electron chi connectivity index (χ3n) is 1.59. The van der Waals surface area contributed by atoms with Gasteiger partial charge in [0.05, 0.1) is 0 Å². The van der Waals surface area contributed by atoms with Gasteiger partial charge in [-0.15, -0.1) is 6.58 Å². The van der Waals surface area contributed by atoms with Crippen LogP contribution in [0.25, 0.3) is 0 Å². The lowest BCUT2D eigenvalue weighted by Gasteiger charge is -1.93. The fraction of sp³-hybridized carbons (Fsp3) is 0.545. The highest BCUT2D eigenvalue weighted by atomic mass is 13.9. The van der Waals surface area contributed by atoms with Crippen molar-refractivity contribution in [3.05, 3.63) is 31.7 Å². The molecule has 0 amide bonds. The Morgan fingerprint density at radius 1 is 1.00 bits per heavy atom. The second kappa shape index (κ2) is 9.48. The van der Waals surface area contributed by atoms with Crippen LogP contribution in [-0.4, -0.2) is 0 Å². The molecular formula is C11H19. The summed E-state index contributed by atoms with van der Waals surface area (Å²) in [5.41, 5.74) is 0. The molecule has 0 rings (SSSR count). The van der Waals surface area contributed by atoms with Gasteiger partial charge in [0.2, 0.25) is 0 Å². The molecule has 0 aliphatic rings. The first-order valence-corrected chi connectivity index (χ1v) is 4.47. The molecule has 0 aromatic rings. The van der Waals surface area contributed by atoms with E-state index in [1.54, 1.807) is 0 Å². The minimum Gasteiger partial charge on any atom is -0.103 e. The van der Waals surface area contributed by atoms with Crippen LogP contribution in [0.2, 0.25) is 0 Å². The zero-order valence-electron chi connectivity index (χ0n) is 7.39. The van der Waals surface area contributed by atoms with Crippen LogP contribution in [0.1, 0.15) is 38.5 Å². The Hall–Kier alpha value is -0.520. The van der Waals surface area contributed by atoms with Crippen molar-refractivity contribution in [3.63, 3.8) is 0 Å². The second-order valence-corrected chi connectivity index (χ2v) is 2.70. The van der Waals surface area contributed by atoms with Crippen molar-refractivity contribution in [2.75, 3.05) is 0 Å². The van der Waals surface area contributed by atoms with Crippen LogP contribution in [0.4, 0.5) is 0 Å². The van der Waals surface area contributed by atoms with Crippen molar-refractivity contribution >= 4 is 0 Å². The van der Waals surface area contributed by atoms with Crippen LogP contribution < -0.4 is 0 Å². The fourth-order valence-corrected chi connectivity index (χ4v) is 0.926. The van der Waals surface area contributed by atoms with E-state index in [1.165, 1.54) is 25.7 Å². The van der Waals surface area contributed by atoms with E-state index < -0.39 is 0 Å². The quantitative estimate of drug-likeness (QED) is 0.382. The Bertz CT molecular complexity index is 101. The molecule has 0 aromatic carbocycles. The minimum absolute atomic E-state index is 1.01. The molecule has 0 aliphatic carbocycles. The molecule has 0 aliphatic heterocycles. The van der Waals surface area contributed by atoms with E-state index in [1.807, 2.05) is 6.08 Å². The Morgan fingerprint density at radius 2 is 1.82 bits per heavy atom. The fourth-order valence-electron chi connectivity index (χ4n) is 0.926. The molecular weight excluding hydrogens is 132 g/mol. The molecule has 0 spiro atoms. The van der Waals surface area contributed by atoms with Gasteiger partial charge in [-0.3, -0.25) is 0 Å². The summed E-state index contributed by atoms with van der Waals surface area (Å²) in [4.78, 5) is 0. The van der Waals surface area contributed by atoms with Crippen LogP contribution in [0, 0.1) is 6.92 Å². The summed E-state index contributed by atoms with van der Waals surface area (Å²) in [6.45, 7) is 7.45. The van der Waals surface area contributed by atoms with Gasteiger partial charge in [-0.2, -0.15) is 0 Å². The molecule has 0 unspecified atom stereocenters. The Morgan fingerprint density at radius 3 is 2.45 bits per heavy atom. The molecule has 1 radical (unpaired) electrons. The second-order valence-electron chi connectivity index (χ2n) is 2.70. The van der Waals surface area contributed by atoms with Gasteiger partial charge in [-0.25, -0.2) is 0 Å². The van der Waals surface area contributed by atoms with Gasteiger partial charge in [0.15, 0.2) is 0 Å². The predicted molar refractivity (Wildman–Crippen MR) is 52.4 cm³/mol. The summed E-state index contributed by atoms with van der Waals surface area (Å²) in [6, 6.07) is 0. The first-order chi connectivity index (χ1) is 5.41. The lowest BCUT2D eigenvalue weighted by atomic mass is 10.1. The summed E-state index contributed by atoms with van der Waals surface area (Å²) in [7, 11) is 0. The monoisotopic (exact) mass is 151 g/mol. The maximum Gasteiger partial charge on any atom is -0.0172 e. The summed E-state index contributed by atoms with van der Waals surface area (Å²) in [5, 5.41) is 0. The van der Waals surface area contributed by atoms with Crippen LogP contribution >= 0.6 is 0 Å². The van der Waals surface area contributed by atoms with Gasteiger partial charge in [-0.05, 0) is 19.3 Å². The van der Waals surface area contributed by atoms with Crippen LogP contribution in [0.15, 0.2) is 24.8 Å². The van der Waals surface area contributed by atoms with E-state index in [2.05, 4.69) is 25.7 Å². The molecule has 63 valence electrons. The number of allylic oxidation sites excluding steroid dienone is 3. The van der Waals surface area contributed by atoms with E-state index >= 15 is 0 Å². The lowest BCUT2D eigenvalue weighted by Crippen LogP contribution is -1.73. The lowest BCUT2D eigenvalue weighted by molar-refractivity contribution is 0.694. The van der Waals surface area contributed by atoms with Crippen molar-refractivity contribution < 1.29 is 0 Å². The molecule has 0 heterocycles. The number of unbranched alkanes of at least 4 members (excludes halogenated alkanes) is 4. The summed E-state index contributed by atoms with van der Waals surface area (Å²) in [6.07, 6.45) is 13.5. The maximum absolute atomic E-state index is 3.80. The van der Waals surface area contributed by atoms with Gasteiger partial charge in [-0.1, -0.05) is 44.4 Å². The standard InChI is InChI=1S/C11H19/c1-3-5-7-9-11-10-8-6-4-2/h3,7,9H,1-2,4-6,8,10-11H2/b9-7+. The normalized spacial score (nSPS) is 10.6. The summed E-state index contributed by atoms with van der Waals surface area (Å²) in [5.74, 6) is 0. The van der Waals surface area contributed by atoms with Crippen molar-refractivity contribution in [1.82, 2.24) is 0 Å². The molecule has 0 atom stereocenters. The minimum atomic E-state index is 1.01. The topological polar surface area (TPSA) is 0 Å². The third kappa shape index (κ3) is 9.48. The van der Waals surface area contributed by atoms with E-state index in [-0.39, 0.29) is 0 Å². The van der Waals surface area contributed by atoms with Crippen molar-refractivity contribution in [1.29, 1.82) is 0 Å². The molecule has 0 heteroatoms. The van der Waals surface area contributed by atoms with E-state index in [9.17, 15) is 0 Å². The van der Waals surface area contributed by atoms with E-state index in [0.29, 0.717) is 0 Å². The average molecular weight is 151 g/mol. The number of hydrogen-bond acceptors (Lipinski definition) is 0. The SMILES string of the molecule is [CH2]CCCCC/C=C/CC=C. The molecule has 0 saturated carbocycles. The Balaban J connectivity index is 2.94. The van der Waals surface area contributed by atoms with Crippen molar-refractivity contribution in [2.24, 2.45) is 0 Å². The van der Waals surface area contributed by atoms with E-state index in [0.717, 1.165) is 12.8 Å². The summed E-state index contributed by atoms with van der Waals surface area (Å²) < 4.78 is 0. The zero-order chi connectivity index (χ0) is 8.36. The predicted octanol–water partition coefficient (Wildman–Crippen LogP) is 3.90.